The Morgan fingerprint density at radius 1 is 1.36 bits per heavy atom. The average molecular weight is 215 g/mol. The van der Waals surface area contributed by atoms with Gasteiger partial charge in [0.1, 0.15) is 0 Å². The predicted molar refractivity (Wildman–Crippen MR) is 53.4 cm³/mol. The Morgan fingerprint density at radius 3 is 2.57 bits per heavy atom. The molecule has 0 bridgehead atoms. The molecule has 0 aliphatic carbocycles. The molecule has 0 atom stereocenters. The number of hydrogen-bond acceptors (Lipinski definition) is 3. The second kappa shape index (κ2) is 4.54. The Bertz CT molecular complexity index is 400. The maximum atomic E-state index is 11.2. The van der Waals surface area contributed by atoms with Crippen LogP contribution in [-0.4, -0.2) is 22.1 Å². The van der Waals surface area contributed by atoms with Gasteiger partial charge in [0.2, 0.25) is 10.0 Å². The Hall–Kier alpha value is -0.910. The first-order chi connectivity index (χ1) is 6.55. The molecule has 5 heteroatoms. The van der Waals surface area contributed by atoms with Gasteiger partial charge in [0.15, 0.2) is 0 Å². The van der Waals surface area contributed by atoms with Gasteiger partial charge in [-0.3, -0.25) is 0 Å². The average Bonchev–Trinajstić information content (AvgIpc) is 2.14. The summed E-state index contributed by atoms with van der Waals surface area (Å²) in [7, 11) is -2.05. The van der Waals surface area contributed by atoms with Crippen LogP contribution in [-0.2, 0) is 21.2 Å². The highest BCUT2D eigenvalue weighted by molar-refractivity contribution is 7.89. The van der Waals surface area contributed by atoms with Crippen molar-refractivity contribution in [2.24, 2.45) is 5.14 Å². The smallest absolute Gasteiger partial charge is 0.238 e. The van der Waals surface area contributed by atoms with Crippen LogP contribution in [0.3, 0.4) is 0 Å². The predicted octanol–water partition coefficient (Wildman–Crippen LogP) is 0.523. The number of rotatable bonds is 4. The highest BCUT2D eigenvalue weighted by atomic mass is 32.2. The third kappa shape index (κ3) is 2.80. The minimum Gasteiger partial charge on any atom is -0.384 e. The summed E-state index contributed by atoms with van der Waals surface area (Å²) in [6, 6.07) is 6.66. The summed E-state index contributed by atoms with van der Waals surface area (Å²) in [6.45, 7) is 0.479. The fourth-order valence-corrected chi connectivity index (χ4v) is 2.00. The molecule has 0 aliphatic heterocycles. The molecule has 0 fully saturated rings. The van der Waals surface area contributed by atoms with Gasteiger partial charge in [0, 0.05) is 7.11 Å². The molecule has 1 rings (SSSR count). The zero-order chi connectivity index (χ0) is 10.6. The largest absolute Gasteiger partial charge is 0.384 e. The first kappa shape index (κ1) is 11.2. The quantitative estimate of drug-likeness (QED) is 0.796. The molecule has 0 saturated heterocycles. The van der Waals surface area contributed by atoms with E-state index in [0.29, 0.717) is 18.6 Å². The molecule has 2 N–H and O–H groups in total. The second-order valence-electron chi connectivity index (χ2n) is 2.90. The van der Waals surface area contributed by atoms with Crippen LogP contribution in [0.1, 0.15) is 5.56 Å². The molecule has 0 unspecified atom stereocenters. The van der Waals surface area contributed by atoms with Crippen LogP contribution in [0.2, 0.25) is 0 Å². The summed E-state index contributed by atoms with van der Waals surface area (Å²) < 4.78 is 27.2. The van der Waals surface area contributed by atoms with Crippen molar-refractivity contribution in [3.05, 3.63) is 29.8 Å². The Morgan fingerprint density at radius 2 is 2.00 bits per heavy atom. The lowest BCUT2D eigenvalue weighted by Crippen LogP contribution is -2.15. The van der Waals surface area contributed by atoms with E-state index in [1.165, 1.54) is 6.07 Å². The lowest BCUT2D eigenvalue weighted by atomic mass is 10.2. The Labute approximate surface area is 83.7 Å². The summed E-state index contributed by atoms with van der Waals surface area (Å²) in [6.07, 6.45) is 0.545. The van der Waals surface area contributed by atoms with E-state index >= 15 is 0 Å². The van der Waals surface area contributed by atoms with Crippen molar-refractivity contribution >= 4 is 10.0 Å². The molecule has 0 heterocycles. The normalized spacial score (nSPS) is 11.6. The maximum Gasteiger partial charge on any atom is 0.238 e. The molecule has 1 aromatic carbocycles. The van der Waals surface area contributed by atoms with Crippen LogP contribution in [0.5, 0.6) is 0 Å². The van der Waals surface area contributed by atoms with Crippen LogP contribution >= 0.6 is 0 Å². The van der Waals surface area contributed by atoms with E-state index in [9.17, 15) is 8.42 Å². The summed E-state index contributed by atoms with van der Waals surface area (Å²) in [5.41, 5.74) is 0.692. The summed E-state index contributed by atoms with van der Waals surface area (Å²) in [5.74, 6) is 0. The van der Waals surface area contributed by atoms with Gasteiger partial charge in [-0.05, 0) is 18.1 Å². The third-order valence-corrected chi connectivity index (χ3v) is 2.87. The van der Waals surface area contributed by atoms with Gasteiger partial charge in [-0.25, -0.2) is 13.6 Å². The van der Waals surface area contributed by atoms with Gasteiger partial charge in [0.25, 0.3) is 0 Å². The second-order valence-corrected chi connectivity index (χ2v) is 4.43. The van der Waals surface area contributed by atoms with Crippen LogP contribution < -0.4 is 5.14 Å². The van der Waals surface area contributed by atoms with Crippen molar-refractivity contribution in [3.63, 3.8) is 0 Å². The minimum absolute atomic E-state index is 0.178. The van der Waals surface area contributed by atoms with Crippen LogP contribution in [0.4, 0.5) is 0 Å². The van der Waals surface area contributed by atoms with Crippen molar-refractivity contribution in [2.75, 3.05) is 13.7 Å². The Kier molecular flexibility index (Phi) is 3.62. The lowest BCUT2D eigenvalue weighted by Gasteiger charge is -2.06. The summed E-state index contributed by atoms with van der Waals surface area (Å²) in [5, 5.41) is 5.06. The number of ether oxygens (including phenoxy) is 1. The van der Waals surface area contributed by atoms with Gasteiger partial charge in [-0.2, -0.15) is 0 Å². The first-order valence-electron chi connectivity index (χ1n) is 4.15. The lowest BCUT2D eigenvalue weighted by molar-refractivity contribution is 0.202. The van der Waals surface area contributed by atoms with Crippen molar-refractivity contribution in [1.82, 2.24) is 0 Å². The number of methoxy groups -OCH3 is 1. The van der Waals surface area contributed by atoms with E-state index in [1.807, 2.05) is 0 Å². The molecule has 4 nitrogen and oxygen atoms in total. The van der Waals surface area contributed by atoms with Crippen LogP contribution in [0.25, 0.3) is 0 Å². The minimum atomic E-state index is -3.62. The topological polar surface area (TPSA) is 69.4 Å². The number of sulfonamides is 1. The van der Waals surface area contributed by atoms with Crippen LogP contribution in [0, 0.1) is 0 Å². The molecule has 0 amide bonds. The van der Waals surface area contributed by atoms with E-state index < -0.39 is 10.0 Å². The molecule has 0 aliphatic rings. The molecule has 0 radical (unpaired) electrons. The number of nitrogens with two attached hydrogens (primary N) is 1. The third-order valence-electron chi connectivity index (χ3n) is 1.85. The fourth-order valence-electron chi connectivity index (χ4n) is 1.20. The molecule has 0 aromatic heterocycles. The van der Waals surface area contributed by atoms with Crippen molar-refractivity contribution in [2.45, 2.75) is 11.3 Å². The van der Waals surface area contributed by atoms with E-state index in [4.69, 9.17) is 9.88 Å². The van der Waals surface area contributed by atoms with Crippen molar-refractivity contribution in [1.29, 1.82) is 0 Å². The molecule has 0 spiro atoms. The zero-order valence-corrected chi connectivity index (χ0v) is 8.75. The van der Waals surface area contributed by atoms with Gasteiger partial charge in [-0.15, -0.1) is 0 Å². The molecule has 0 saturated carbocycles. The highest BCUT2D eigenvalue weighted by Crippen LogP contribution is 2.13. The zero-order valence-electron chi connectivity index (χ0n) is 7.93. The maximum absolute atomic E-state index is 11.2. The number of primary sulfonamides is 1. The summed E-state index contributed by atoms with van der Waals surface area (Å²) in [4.78, 5) is 0.178. The van der Waals surface area contributed by atoms with Crippen LogP contribution in [0.15, 0.2) is 29.2 Å². The van der Waals surface area contributed by atoms with Gasteiger partial charge < -0.3 is 4.74 Å². The number of hydrogen-bond donors (Lipinski definition) is 1. The van der Waals surface area contributed by atoms with Gasteiger partial charge in [0.05, 0.1) is 11.5 Å². The van der Waals surface area contributed by atoms with E-state index in [2.05, 4.69) is 0 Å². The standard InChI is InChI=1S/C9H13NO3S/c1-13-7-6-8-4-2-3-5-9(8)14(10,11)12/h2-5H,6-7H2,1H3,(H2,10,11,12). The van der Waals surface area contributed by atoms with Crippen molar-refractivity contribution in [3.8, 4) is 0 Å². The monoisotopic (exact) mass is 215 g/mol. The Balaban J connectivity index is 3.04. The SMILES string of the molecule is COCCc1ccccc1S(N)(=O)=O. The van der Waals surface area contributed by atoms with E-state index in [-0.39, 0.29) is 4.90 Å². The summed E-state index contributed by atoms with van der Waals surface area (Å²) >= 11 is 0. The highest BCUT2D eigenvalue weighted by Gasteiger charge is 2.12. The number of benzene rings is 1. The van der Waals surface area contributed by atoms with E-state index in [0.717, 1.165) is 0 Å². The van der Waals surface area contributed by atoms with E-state index in [1.54, 1.807) is 25.3 Å². The molecule has 14 heavy (non-hydrogen) atoms. The molecular formula is C9H13NO3S. The van der Waals surface area contributed by atoms with Gasteiger partial charge >= 0.3 is 0 Å². The first-order valence-corrected chi connectivity index (χ1v) is 5.70. The molecule has 1 aromatic rings. The molecular weight excluding hydrogens is 202 g/mol. The molecule has 78 valence electrons. The van der Waals surface area contributed by atoms with Gasteiger partial charge in [-0.1, -0.05) is 18.2 Å². The van der Waals surface area contributed by atoms with Crippen molar-refractivity contribution < 1.29 is 13.2 Å². The fraction of sp³-hybridized carbons (Fsp3) is 0.333.